The van der Waals surface area contributed by atoms with Crippen molar-refractivity contribution in [2.24, 2.45) is 0 Å². The van der Waals surface area contributed by atoms with Gasteiger partial charge in [-0.2, -0.15) is 0 Å². The Morgan fingerprint density at radius 3 is 2.92 bits per heavy atom. The number of hydrogen-bond acceptors (Lipinski definition) is 3. The predicted octanol–water partition coefficient (Wildman–Crippen LogP) is 0.723. The fourth-order valence-electron chi connectivity index (χ4n) is 0.865. The first-order valence-corrected chi connectivity index (χ1v) is 3.98. The van der Waals surface area contributed by atoms with E-state index >= 15 is 0 Å². The summed E-state index contributed by atoms with van der Waals surface area (Å²) in [5.41, 5.74) is 0.576. The van der Waals surface area contributed by atoms with E-state index in [1.807, 2.05) is 0 Å². The van der Waals surface area contributed by atoms with E-state index in [0.29, 0.717) is 10.6 Å². The summed E-state index contributed by atoms with van der Waals surface area (Å²) in [5, 5.41) is 17.8. The van der Waals surface area contributed by atoms with E-state index in [9.17, 15) is 4.79 Å². The fourth-order valence-corrected chi connectivity index (χ4v) is 1.06. The number of aliphatic carboxylic acids is 1. The van der Waals surface area contributed by atoms with Gasteiger partial charge in [0.2, 0.25) is 0 Å². The third-order valence-electron chi connectivity index (χ3n) is 1.55. The van der Waals surface area contributed by atoms with Crippen LogP contribution in [-0.4, -0.2) is 27.3 Å². The van der Waals surface area contributed by atoms with Crippen LogP contribution < -0.4 is 0 Å². The highest BCUT2D eigenvalue weighted by atomic mass is 35.5. The molecule has 0 radical (unpaired) electrons. The highest BCUT2D eigenvalue weighted by Crippen LogP contribution is 2.15. The molecule has 0 aromatic carbocycles. The van der Waals surface area contributed by atoms with Crippen molar-refractivity contribution in [1.29, 1.82) is 0 Å². The zero-order valence-electron chi connectivity index (χ0n) is 6.64. The summed E-state index contributed by atoms with van der Waals surface area (Å²) in [6.45, 7) is 0. The molecule has 4 nitrogen and oxygen atoms in total. The number of aliphatic hydroxyl groups is 1. The highest BCUT2D eigenvalue weighted by Gasteiger charge is 2.14. The third-order valence-corrected chi connectivity index (χ3v) is 1.90. The van der Waals surface area contributed by atoms with Crippen molar-refractivity contribution < 1.29 is 15.0 Å². The van der Waals surface area contributed by atoms with Crippen molar-refractivity contribution >= 4 is 17.6 Å². The Labute approximate surface area is 79.8 Å². The van der Waals surface area contributed by atoms with Gasteiger partial charge >= 0.3 is 5.97 Å². The molecule has 70 valence electrons. The molecule has 1 aromatic heterocycles. The Balaban J connectivity index is 2.74. The van der Waals surface area contributed by atoms with Crippen LogP contribution in [0.5, 0.6) is 0 Å². The van der Waals surface area contributed by atoms with Crippen molar-refractivity contribution in [2.45, 2.75) is 12.5 Å². The molecule has 1 aromatic rings. The Morgan fingerprint density at radius 2 is 2.38 bits per heavy atom. The summed E-state index contributed by atoms with van der Waals surface area (Å²) in [5.74, 6) is -1.26. The van der Waals surface area contributed by atoms with Gasteiger partial charge in [0.05, 0.1) is 5.02 Å². The van der Waals surface area contributed by atoms with Gasteiger partial charge in [-0.25, -0.2) is 4.79 Å². The van der Waals surface area contributed by atoms with Crippen molar-refractivity contribution in [3.8, 4) is 0 Å². The first-order valence-electron chi connectivity index (χ1n) is 3.60. The van der Waals surface area contributed by atoms with Crippen LogP contribution in [-0.2, 0) is 11.2 Å². The zero-order valence-corrected chi connectivity index (χ0v) is 7.40. The van der Waals surface area contributed by atoms with Crippen LogP contribution in [0.15, 0.2) is 18.5 Å². The van der Waals surface area contributed by atoms with Gasteiger partial charge in [0.25, 0.3) is 0 Å². The molecule has 0 amide bonds. The largest absolute Gasteiger partial charge is 0.479 e. The van der Waals surface area contributed by atoms with E-state index in [0.717, 1.165) is 0 Å². The molecule has 0 saturated carbocycles. The molecule has 13 heavy (non-hydrogen) atoms. The van der Waals surface area contributed by atoms with Crippen LogP contribution >= 0.6 is 11.6 Å². The van der Waals surface area contributed by atoms with E-state index in [1.54, 1.807) is 6.07 Å². The normalized spacial score (nSPS) is 12.5. The molecule has 0 bridgehead atoms. The van der Waals surface area contributed by atoms with Crippen molar-refractivity contribution in [2.75, 3.05) is 0 Å². The molecular formula is C8H8ClNO3. The minimum Gasteiger partial charge on any atom is -0.479 e. The van der Waals surface area contributed by atoms with E-state index in [2.05, 4.69) is 4.98 Å². The number of aliphatic hydroxyl groups excluding tert-OH is 1. The molecule has 1 unspecified atom stereocenters. The summed E-state index contributed by atoms with van der Waals surface area (Å²) in [4.78, 5) is 14.0. The van der Waals surface area contributed by atoms with Gasteiger partial charge in [-0.1, -0.05) is 11.6 Å². The molecule has 0 aliphatic heterocycles. The molecule has 0 aliphatic carbocycles. The second-order valence-electron chi connectivity index (χ2n) is 2.53. The maximum Gasteiger partial charge on any atom is 0.332 e. The van der Waals surface area contributed by atoms with Crippen LogP contribution in [0.3, 0.4) is 0 Å². The lowest BCUT2D eigenvalue weighted by atomic mass is 10.1. The lowest BCUT2D eigenvalue weighted by Gasteiger charge is -2.05. The number of hydrogen-bond donors (Lipinski definition) is 2. The molecular weight excluding hydrogens is 194 g/mol. The average molecular weight is 202 g/mol. The fraction of sp³-hybridized carbons (Fsp3) is 0.250. The number of halogens is 1. The minimum absolute atomic E-state index is 0.00329. The van der Waals surface area contributed by atoms with Crippen LogP contribution in [0, 0.1) is 0 Å². The summed E-state index contributed by atoms with van der Waals surface area (Å²) in [6, 6.07) is 1.58. The van der Waals surface area contributed by atoms with E-state index in [-0.39, 0.29) is 6.42 Å². The van der Waals surface area contributed by atoms with Crippen molar-refractivity contribution in [1.82, 2.24) is 4.98 Å². The maximum absolute atomic E-state index is 10.3. The second kappa shape index (κ2) is 4.20. The van der Waals surface area contributed by atoms with Gasteiger partial charge in [0.1, 0.15) is 0 Å². The van der Waals surface area contributed by atoms with Gasteiger partial charge < -0.3 is 10.2 Å². The number of pyridine rings is 1. The molecule has 1 rings (SSSR count). The van der Waals surface area contributed by atoms with Crippen molar-refractivity contribution in [3.63, 3.8) is 0 Å². The molecule has 5 heteroatoms. The summed E-state index contributed by atoms with van der Waals surface area (Å²) in [7, 11) is 0. The lowest BCUT2D eigenvalue weighted by Crippen LogP contribution is -2.22. The number of nitrogens with zero attached hydrogens (tertiary/aromatic N) is 1. The second-order valence-corrected chi connectivity index (χ2v) is 2.93. The number of aromatic nitrogens is 1. The van der Waals surface area contributed by atoms with Crippen LogP contribution in [0.25, 0.3) is 0 Å². The first kappa shape index (κ1) is 9.95. The summed E-state index contributed by atoms with van der Waals surface area (Å²) >= 11 is 5.71. The SMILES string of the molecule is O=C(O)C(O)Cc1ccncc1Cl. The van der Waals surface area contributed by atoms with Gasteiger partial charge in [-0.3, -0.25) is 4.98 Å². The zero-order chi connectivity index (χ0) is 9.84. The number of carboxylic acids is 1. The average Bonchev–Trinajstić information content (AvgIpc) is 2.08. The summed E-state index contributed by atoms with van der Waals surface area (Å²) in [6.07, 6.45) is 1.48. The van der Waals surface area contributed by atoms with Gasteiger partial charge in [0, 0.05) is 18.8 Å². The van der Waals surface area contributed by atoms with E-state index < -0.39 is 12.1 Å². The molecule has 0 aliphatic rings. The smallest absolute Gasteiger partial charge is 0.332 e. The Kier molecular flexibility index (Phi) is 3.22. The Bertz CT molecular complexity index is 316. The topological polar surface area (TPSA) is 70.4 Å². The number of rotatable bonds is 3. The predicted molar refractivity (Wildman–Crippen MR) is 46.6 cm³/mol. The Hall–Kier alpha value is -1.13. The van der Waals surface area contributed by atoms with Crippen molar-refractivity contribution in [3.05, 3.63) is 29.0 Å². The van der Waals surface area contributed by atoms with Crippen LogP contribution in [0.4, 0.5) is 0 Å². The van der Waals surface area contributed by atoms with Gasteiger partial charge in [-0.05, 0) is 11.6 Å². The van der Waals surface area contributed by atoms with Gasteiger partial charge in [-0.15, -0.1) is 0 Å². The lowest BCUT2D eigenvalue weighted by molar-refractivity contribution is -0.146. The molecule has 0 spiro atoms. The molecule has 1 atom stereocenters. The first-order chi connectivity index (χ1) is 6.11. The third kappa shape index (κ3) is 2.68. The Morgan fingerprint density at radius 1 is 1.69 bits per heavy atom. The van der Waals surface area contributed by atoms with Crippen LogP contribution in [0.2, 0.25) is 5.02 Å². The monoisotopic (exact) mass is 201 g/mol. The van der Waals surface area contributed by atoms with Gasteiger partial charge in [0.15, 0.2) is 6.10 Å². The van der Waals surface area contributed by atoms with E-state index in [4.69, 9.17) is 21.8 Å². The summed E-state index contributed by atoms with van der Waals surface area (Å²) < 4.78 is 0. The maximum atomic E-state index is 10.3. The molecule has 2 N–H and O–H groups in total. The molecule has 0 fully saturated rings. The number of carbonyl (C=O) groups is 1. The molecule has 1 heterocycles. The van der Waals surface area contributed by atoms with Crippen LogP contribution in [0.1, 0.15) is 5.56 Å². The minimum atomic E-state index is -1.42. The standard InChI is InChI=1S/C8H8ClNO3/c9-6-4-10-2-1-5(6)3-7(11)8(12)13/h1-2,4,7,11H,3H2,(H,12,13). The number of carboxylic acid groups (broad SMARTS) is 1. The molecule has 0 saturated heterocycles. The quantitative estimate of drug-likeness (QED) is 0.756. The highest BCUT2D eigenvalue weighted by molar-refractivity contribution is 6.31. The van der Waals surface area contributed by atoms with E-state index in [1.165, 1.54) is 12.4 Å².